The summed E-state index contributed by atoms with van der Waals surface area (Å²) in [6.45, 7) is 2.22. The summed E-state index contributed by atoms with van der Waals surface area (Å²) in [6, 6.07) is 8.17. The lowest BCUT2D eigenvalue weighted by molar-refractivity contribution is 0.0445. The van der Waals surface area contributed by atoms with Crippen LogP contribution < -0.4 is 0 Å². The Balaban J connectivity index is 2.12. The maximum Gasteiger partial charge on any atom is 0.0691 e. The van der Waals surface area contributed by atoms with Crippen molar-refractivity contribution in [2.24, 2.45) is 5.92 Å². The van der Waals surface area contributed by atoms with Crippen molar-refractivity contribution >= 4 is 15.9 Å². The maximum absolute atomic E-state index is 10.4. The van der Waals surface area contributed by atoms with E-state index in [9.17, 15) is 5.11 Å². The van der Waals surface area contributed by atoms with E-state index in [1.54, 1.807) is 0 Å². The van der Waals surface area contributed by atoms with Gasteiger partial charge in [0.2, 0.25) is 0 Å². The SMILES string of the molecule is CC1CCC(O)(Cc2ccccc2Br)C1. The third kappa shape index (κ3) is 2.61. The van der Waals surface area contributed by atoms with Gasteiger partial charge in [-0.3, -0.25) is 0 Å². The number of halogens is 1. The molecule has 2 heteroatoms. The molecule has 1 aliphatic rings. The quantitative estimate of drug-likeness (QED) is 0.870. The van der Waals surface area contributed by atoms with Gasteiger partial charge in [0.05, 0.1) is 5.60 Å². The van der Waals surface area contributed by atoms with Crippen molar-refractivity contribution < 1.29 is 5.11 Å². The summed E-state index contributed by atoms with van der Waals surface area (Å²) in [4.78, 5) is 0. The average Bonchev–Trinajstić information content (AvgIpc) is 2.51. The van der Waals surface area contributed by atoms with Gasteiger partial charge >= 0.3 is 0 Å². The first kappa shape index (κ1) is 11.2. The van der Waals surface area contributed by atoms with Crippen LogP contribution in [0.1, 0.15) is 31.7 Å². The second-order valence-corrected chi connectivity index (χ2v) is 5.69. The van der Waals surface area contributed by atoms with E-state index in [-0.39, 0.29) is 0 Å². The predicted octanol–water partition coefficient (Wildman–Crippen LogP) is 3.54. The fraction of sp³-hybridized carbons (Fsp3) is 0.538. The molecule has 1 aromatic rings. The molecule has 2 rings (SSSR count). The summed E-state index contributed by atoms with van der Waals surface area (Å²) in [5.74, 6) is 0.664. The van der Waals surface area contributed by atoms with Crippen molar-refractivity contribution in [3.63, 3.8) is 0 Å². The van der Waals surface area contributed by atoms with Gasteiger partial charge in [0.25, 0.3) is 0 Å². The van der Waals surface area contributed by atoms with Crippen LogP contribution in [-0.4, -0.2) is 10.7 Å². The van der Waals surface area contributed by atoms with Crippen LogP contribution in [0.25, 0.3) is 0 Å². The Morgan fingerprint density at radius 1 is 1.47 bits per heavy atom. The molecule has 0 amide bonds. The number of hydrogen-bond donors (Lipinski definition) is 1. The van der Waals surface area contributed by atoms with Gasteiger partial charge in [0.15, 0.2) is 0 Å². The molecule has 0 aromatic heterocycles. The van der Waals surface area contributed by atoms with E-state index in [2.05, 4.69) is 28.9 Å². The minimum Gasteiger partial charge on any atom is -0.390 e. The van der Waals surface area contributed by atoms with E-state index >= 15 is 0 Å². The fourth-order valence-electron chi connectivity index (χ4n) is 2.52. The Morgan fingerprint density at radius 2 is 2.20 bits per heavy atom. The zero-order valence-electron chi connectivity index (χ0n) is 9.04. The minimum atomic E-state index is -0.469. The Morgan fingerprint density at radius 3 is 2.80 bits per heavy atom. The molecular formula is C13H17BrO. The first-order chi connectivity index (χ1) is 7.09. The van der Waals surface area contributed by atoms with Crippen LogP contribution >= 0.6 is 15.9 Å². The highest BCUT2D eigenvalue weighted by Crippen LogP contribution is 2.37. The van der Waals surface area contributed by atoms with E-state index in [1.165, 1.54) is 5.56 Å². The Bertz CT molecular complexity index is 350. The van der Waals surface area contributed by atoms with E-state index in [4.69, 9.17) is 0 Å². The smallest absolute Gasteiger partial charge is 0.0691 e. The summed E-state index contributed by atoms with van der Waals surface area (Å²) >= 11 is 3.53. The van der Waals surface area contributed by atoms with Crippen molar-refractivity contribution in [1.82, 2.24) is 0 Å². The molecule has 15 heavy (non-hydrogen) atoms. The van der Waals surface area contributed by atoms with Gasteiger partial charge in [0.1, 0.15) is 0 Å². The molecule has 2 atom stereocenters. The predicted molar refractivity (Wildman–Crippen MR) is 65.8 cm³/mol. The molecular weight excluding hydrogens is 252 g/mol. The van der Waals surface area contributed by atoms with Crippen molar-refractivity contribution in [3.8, 4) is 0 Å². The van der Waals surface area contributed by atoms with Crippen LogP contribution in [0.3, 0.4) is 0 Å². The highest BCUT2D eigenvalue weighted by Gasteiger charge is 2.35. The summed E-state index contributed by atoms with van der Waals surface area (Å²) in [7, 11) is 0. The first-order valence-corrected chi connectivity index (χ1v) is 6.34. The first-order valence-electron chi connectivity index (χ1n) is 5.55. The molecule has 1 fully saturated rings. The molecule has 0 aliphatic heterocycles. The van der Waals surface area contributed by atoms with Gasteiger partial charge in [-0.15, -0.1) is 0 Å². The van der Waals surface area contributed by atoms with Crippen molar-refractivity contribution in [2.75, 3.05) is 0 Å². The molecule has 1 N–H and O–H groups in total. The largest absolute Gasteiger partial charge is 0.390 e. The van der Waals surface area contributed by atoms with E-state index in [0.29, 0.717) is 5.92 Å². The lowest BCUT2D eigenvalue weighted by Gasteiger charge is -2.23. The summed E-state index contributed by atoms with van der Waals surface area (Å²) in [5, 5.41) is 10.4. The zero-order chi connectivity index (χ0) is 10.9. The fourth-order valence-corrected chi connectivity index (χ4v) is 2.95. The number of hydrogen-bond acceptors (Lipinski definition) is 1. The normalized spacial score (nSPS) is 30.7. The second-order valence-electron chi connectivity index (χ2n) is 4.84. The molecule has 0 spiro atoms. The third-order valence-corrected chi connectivity index (χ3v) is 4.08. The monoisotopic (exact) mass is 268 g/mol. The van der Waals surface area contributed by atoms with Gasteiger partial charge in [-0.2, -0.15) is 0 Å². The lowest BCUT2D eigenvalue weighted by Crippen LogP contribution is -2.27. The molecule has 1 saturated carbocycles. The van der Waals surface area contributed by atoms with Crippen molar-refractivity contribution in [3.05, 3.63) is 34.3 Å². The molecule has 82 valence electrons. The molecule has 2 unspecified atom stereocenters. The van der Waals surface area contributed by atoms with E-state index < -0.39 is 5.60 Å². The van der Waals surface area contributed by atoms with Crippen LogP contribution in [0.2, 0.25) is 0 Å². The highest BCUT2D eigenvalue weighted by molar-refractivity contribution is 9.10. The summed E-state index contributed by atoms with van der Waals surface area (Å²) in [5.41, 5.74) is 0.748. The number of aliphatic hydroxyl groups is 1. The van der Waals surface area contributed by atoms with E-state index in [1.807, 2.05) is 18.2 Å². The van der Waals surface area contributed by atoms with Crippen LogP contribution in [0.15, 0.2) is 28.7 Å². The molecule has 0 heterocycles. The van der Waals surface area contributed by atoms with Crippen LogP contribution in [-0.2, 0) is 6.42 Å². The third-order valence-electron chi connectivity index (χ3n) is 3.31. The zero-order valence-corrected chi connectivity index (χ0v) is 10.6. The Labute approximate surface area is 99.6 Å². The molecule has 1 aromatic carbocycles. The van der Waals surface area contributed by atoms with Crippen LogP contribution in [0.4, 0.5) is 0 Å². The standard InChI is InChI=1S/C13H17BrO/c1-10-6-7-13(15,8-10)9-11-4-2-3-5-12(11)14/h2-5,10,15H,6-9H2,1H3. The van der Waals surface area contributed by atoms with Gasteiger partial charge in [-0.1, -0.05) is 41.1 Å². The van der Waals surface area contributed by atoms with E-state index in [0.717, 1.165) is 30.2 Å². The molecule has 0 bridgehead atoms. The van der Waals surface area contributed by atoms with Gasteiger partial charge < -0.3 is 5.11 Å². The average molecular weight is 269 g/mol. The topological polar surface area (TPSA) is 20.2 Å². The number of rotatable bonds is 2. The summed E-state index contributed by atoms with van der Waals surface area (Å²) < 4.78 is 1.11. The Hall–Kier alpha value is -0.340. The van der Waals surface area contributed by atoms with Crippen molar-refractivity contribution in [1.29, 1.82) is 0 Å². The summed E-state index contributed by atoms with van der Waals surface area (Å²) in [6.07, 6.45) is 3.81. The Kier molecular flexibility index (Phi) is 3.17. The molecule has 1 nitrogen and oxygen atoms in total. The van der Waals surface area contributed by atoms with Crippen LogP contribution in [0.5, 0.6) is 0 Å². The maximum atomic E-state index is 10.4. The minimum absolute atomic E-state index is 0.469. The molecule has 0 saturated heterocycles. The highest BCUT2D eigenvalue weighted by atomic mass is 79.9. The number of benzene rings is 1. The van der Waals surface area contributed by atoms with Gasteiger partial charge in [-0.25, -0.2) is 0 Å². The van der Waals surface area contributed by atoms with Crippen molar-refractivity contribution in [2.45, 2.75) is 38.2 Å². The molecule has 0 radical (unpaired) electrons. The van der Waals surface area contributed by atoms with Crippen LogP contribution in [0, 0.1) is 5.92 Å². The second kappa shape index (κ2) is 4.26. The lowest BCUT2D eigenvalue weighted by atomic mass is 9.92. The van der Waals surface area contributed by atoms with Gasteiger partial charge in [0, 0.05) is 10.9 Å². The van der Waals surface area contributed by atoms with Gasteiger partial charge in [-0.05, 0) is 36.8 Å². The molecule has 1 aliphatic carbocycles.